The van der Waals surface area contributed by atoms with Gasteiger partial charge in [0, 0.05) is 24.2 Å². The Hall–Kier alpha value is -3.24. The Bertz CT molecular complexity index is 1340. The number of amidine groups is 1. The highest BCUT2D eigenvalue weighted by Crippen LogP contribution is 2.38. The van der Waals surface area contributed by atoms with E-state index in [1.807, 2.05) is 4.90 Å². The van der Waals surface area contributed by atoms with E-state index in [0.717, 1.165) is 19.3 Å². The fourth-order valence-electron chi connectivity index (χ4n) is 3.90. The topological polar surface area (TPSA) is 118 Å². The predicted molar refractivity (Wildman–Crippen MR) is 120 cm³/mol. The fraction of sp³-hybridized carbons (Fsp3) is 0.238. The standard InChI is InChI=1S/C21H18ClN5O4S/c22-16-11-17-18(32(29,30)26-19-7-2-1-3-8-27(17)19)10-15(16)20(28)24-14-6-4-5-13(9-14)21-25-23-12-31-21/h4-6,9-12H,1-3,7-8H2,(H,24,28). The molecule has 5 rings (SSSR count). The van der Waals surface area contributed by atoms with Gasteiger partial charge in [-0.1, -0.05) is 24.1 Å². The maximum absolute atomic E-state index is 13.0. The number of aromatic nitrogens is 2. The summed E-state index contributed by atoms with van der Waals surface area (Å²) in [4.78, 5) is 14.9. The van der Waals surface area contributed by atoms with E-state index in [1.165, 1.54) is 18.5 Å². The molecule has 0 saturated carbocycles. The number of rotatable bonds is 3. The van der Waals surface area contributed by atoms with Crippen LogP contribution in [0.3, 0.4) is 0 Å². The Morgan fingerprint density at radius 2 is 2.03 bits per heavy atom. The van der Waals surface area contributed by atoms with Gasteiger partial charge in [0.2, 0.25) is 12.3 Å². The van der Waals surface area contributed by atoms with Crippen LogP contribution in [0.15, 0.2) is 56.5 Å². The first-order valence-corrected chi connectivity index (χ1v) is 11.9. The Morgan fingerprint density at radius 3 is 2.84 bits per heavy atom. The maximum Gasteiger partial charge on any atom is 0.286 e. The SMILES string of the molecule is O=C(Nc1cccc(-c2nnco2)c1)c1cc2c(cc1Cl)N1CCCCCC1=NS2(=O)=O. The van der Waals surface area contributed by atoms with Crippen molar-refractivity contribution in [1.82, 2.24) is 10.2 Å². The highest BCUT2D eigenvalue weighted by Gasteiger charge is 2.33. The van der Waals surface area contributed by atoms with Gasteiger partial charge in [0.1, 0.15) is 10.7 Å². The quantitative estimate of drug-likeness (QED) is 0.610. The number of nitrogens with one attached hydrogen (secondary N) is 1. The first kappa shape index (κ1) is 20.7. The summed E-state index contributed by atoms with van der Waals surface area (Å²) >= 11 is 6.44. The first-order chi connectivity index (χ1) is 15.4. The molecule has 3 aromatic rings. The third-order valence-corrected chi connectivity index (χ3v) is 7.06. The summed E-state index contributed by atoms with van der Waals surface area (Å²) in [6, 6.07) is 9.69. The molecule has 0 spiro atoms. The van der Waals surface area contributed by atoms with Crippen LogP contribution in [0.1, 0.15) is 36.0 Å². The number of fused-ring (bicyclic) bond motifs is 3. The molecule has 2 aliphatic rings. The third kappa shape index (κ3) is 3.76. The second kappa shape index (κ2) is 8.03. The van der Waals surface area contributed by atoms with Gasteiger partial charge in [0.15, 0.2) is 0 Å². The molecule has 0 bridgehead atoms. The van der Waals surface area contributed by atoms with Gasteiger partial charge in [-0.25, -0.2) is 0 Å². The van der Waals surface area contributed by atoms with E-state index in [9.17, 15) is 13.2 Å². The Kier molecular flexibility index (Phi) is 5.18. The highest BCUT2D eigenvalue weighted by atomic mass is 35.5. The molecule has 1 aromatic heterocycles. The lowest BCUT2D eigenvalue weighted by Gasteiger charge is -2.30. The molecule has 9 nitrogen and oxygen atoms in total. The van der Waals surface area contributed by atoms with Gasteiger partial charge in [0.25, 0.3) is 15.9 Å². The number of carbonyl (C=O) groups is 1. The number of nitrogens with zero attached hydrogens (tertiary/aromatic N) is 4. The minimum atomic E-state index is -3.93. The summed E-state index contributed by atoms with van der Waals surface area (Å²) in [6.45, 7) is 0.658. The van der Waals surface area contributed by atoms with Crippen molar-refractivity contribution in [1.29, 1.82) is 0 Å². The Balaban J connectivity index is 1.49. The van der Waals surface area contributed by atoms with Crippen LogP contribution in [-0.2, 0) is 10.0 Å². The van der Waals surface area contributed by atoms with Gasteiger partial charge in [0.05, 0.1) is 16.3 Å². The molecular formula is C21H18ClN5O4S. The highest BCUT2D eigenvalue weighted by molar-refractivity contribution is 7.90. The lowest BCUT2D eigenvalue weighted by atomic mass is 10.1. The summed E-state index contributed by atoms with van der Waals surface area (Å²) in [5.74, 6) is 0.299. The monoisotopic (exact) mass is 471 g/mol. The van der Waals surface area contributed by atoms with Crippen LogP contribution >= 0.6 is 11.6 Å². The number of amides is 1. The van der Waals surface area contributed by atoms with E-state index in [-0.39, 0.29) is 15.5 Å². The maximum atomic E-state index is 13.0. The number of benzene rings is 2. The molecule has 2 aliphatic heterocycles. The van der Waals surface area contributed by atoms with Gasteiger partial charge in [-0.2, -0.15) is 8.42 Å². The molecule has 0 unspecified atom stereocenters. The van der Waals surface area contributed by atoms with E-state index in [4.69, 9.17) is 16.0 Å². The number of anilines is 2. The average molecular weight is 472 g/mol. The zero-order chi connectivity index (χ0) is 22.3. The van der Waals surface area contributed by atoms with Crippen molar-refractivity contribution < 1.29 is 17.6 Å². The summed E-state index contributed by atoms with van der Waals surface area (Å²) < 4.78 is 34.9. The number of hydrogen-bond acceptors (Lipinski definition) is 7. The second-order valence-electron chi connectivity index (χ2n) is 7.52. The van der Waals surface area contributed by atoms with Crippen molar-refractivity contribution >= 4 is 44.7 Å². The molecule has 11 heteroatoms. The number of carbonyl (C=O) groups excluding carboxylic acids is 1. The van der Waals surface area contributed by atoms with Crippen LogP contribution in [0.2, 0.25) is 5.02 Å². The predicted octanol–water partition coefficient (Wildman–Crippen LogP) is 4.12. The summed E-state index contributed by atoms with van der Waals surface area (Å²) in [6.07, 6.45) is 4.62. The molecule has 1 N–H and O–H groups in total. The van der Waals surface area contributed by atoms with E-state index >= 15 is 0 Å². The summed E-state index contributed by atoms with van der Waals surface area (Å²) in [5.41, 5.74) is 1.61. The largest absolute Gasteiger partial charge is 0.423 e. The minimum absolute atomic E-state index is 0.0164. The Morgan fingerprint density at radius 1 is 1.16 bits per heavy atom. The fourth-order valence-corrected chi connectivity index (χ4v) is 5.41. The molecule has 2 aromatic carbocycles. The molecule has 0 aliphatic carbocycles. The van der Waals surface area contributed by atoms with Crippen molar-refractivity contribution in [3.8, 4) is 11.5 Å². The number of hydrogen-bond donors (Lipinski definition) is 1. The summed E-state index contributed by atoms with van der Waals surface area (Å²) in [5, 5.41) is 10.4. The Labute approximate surface area is 189 Å². The number of sulfonamides is 1. The van der Waals surface area contributed by atoms with Gasteiger partial charge >= 0.3 is 0 Å². The zero-order valence-corrected chi connectivity index (χ0v) is 18.4. The van der Waals surface area contributed by atoms with Gasteiger partial charge in [-0.3, -0.25) is 4.79 Å². The van der Waals surface area contributed by atoms with Crippen LogP contribution in [0.5, 0.6) is 0 Å². The van der Waals surface area contributed by atoms with Crippen LogP contribution in [0.25, 0.3) is 11.5 Å². The van der Waals surface area contributed by atoms with Crippen LogP contribution in [0, 0.1) is 0 Å². The molecule has 164 valence electrons. The van der Waals surface area contributed by atoms with Crippen molar-refractivity contribution in [2.45, 2.75) is 30.6 Å². The number of halogens is 1. The van der Waals surface area contributed by atoms with Crippen LogP contribution < -0.4 is 10.2 Å². The smallest absolute Gasteiger partial charge is 0.286 e. The van der Waals surface area contributed by atoms with E-state index in [2.05, 4.69) is 19.9 Å². The van der Waals surface area contributed by atoms with Crippen LogP contribution in [-0.4, -0.2) is 36.9 Å². The molecule has 1 amide bonds. The summed E-state index contributed by atoms with van der Waals surface area (Å²) in [7, 11) is -3.93. The minimum Gasteiger partial charge on any atom is -0.423 e. The van der Waals surface area contributed by atoms with Crippen LogP contribution in [0.4, 0.5) is 11.4 Å². The van der Waals surface area contributed by atoms with Crippen molar-refractivity contribution in [2.75, 3.05) is 16.8 Å². The molecule has 0 atom stereocenters. The molecule has 1 saturated heterocycles. The second-order valence-corrected chi connectivity index (χ2v) is 9.50. The molecule has 1 fully saturated rings. The third-order valence-electron chi connectivity index (χ3n) is 5.41. The lowest BCUT2D eigenvalue weighted by molar-refractivity contribution is 0.102. The molecule has 3 heterocycles. The van der Waals surface area contributed by atoms with Crippen molar-refractivity contribution in [2.24, 2.45) is 4.40 Å². The van der Waals surface area contributed by atoms with Gasteiger partial charge < -0.3 is 14.6 Å². The molecule has 0 radical (unpaired) electrons. The first-order valence-electron chi connectivity index (χ1n) is 10.1. The normalized spacial score (nSPS) is 17.0. The van der Waals surface area contributed by atoms with Crippen molar-refractivity contribution in [3.05, 3.63) is 53.4 Å². The lowest BCUT2D eigenvalue weighted by Crippen LogP contribution is -2.35. The molecule has 32 heavy (non-hydrogen) atoms. The average Bonchev–Trinajstić information content (AvgIpc) is 3.20. The molecular weight excluding hydrogens is 454 g/mol. The van der Waals surface area contributed by atoms with E-state index in [0.29, 0.717) is 41.6 Å². The zero-order valence-electron chi connectivity index (χ0n) is 16.8. The van der Waals surface area contributed by atoms with Crippen molar-refractivity contribution in [3.63, 3.8) is 0 Å². The van der Waals surface area contributed by atoms with E-state index in [1.54, 1.807) is 24.3 Å². The van der Waals surface area contributed by atoms with Gasteiger partial charge in [-0.15, -0.1) is 14.6 Å². The van der Waals surface area contributed by atoms with Gasteiger partial charge in [-0.05, 0) is 43.2 Å². The van der Waals surface area contributed by atoms with E-state index < -0.39 is 15.9 Å².